The summed E-state index contributed by atoms with van der Waals surface area (Å²) in [7, 11) is -2.89. The summed E-state index contributed by atoms with van der Waals surface area (Å²) in [6.45, 7) is 1.39. The molecule has 25 heavy (non-hydrogen) atoms. The maximum atomic E-state index is 12.6. The SMILES string of the molecule is O=C(Nc1ccc[n+]2c1NS(O)(O)CC2)c1ccc2c(c1)OCCO2. The van der Waals surface area contributed by atoms with Gasteiger partial charge in [-0.3, -0.25) is 13.9 Å². The van der Waals surface area contributed by atoms with Gasteiger partial charge in [-0.2, -0.15) is 4.72 Å². The van der Waals surface area contributed by atoms with Crippen molar-refractivity contribution in [1.82, 2.24) is 0 Å². The molecule has 4 rings (SSSR count). The van der Waals surface area contributed by atoms with Gasteiger partial charge in [-0.15, -0.1) is 0 Å². The van der Waals surface area contributed by atoms with Gasteiger partial charge in [0.05, 0.1) is 6.20 Å². The Morgan fingerprint density at radius 1 is 1.20 bits per heavy atom. The number of pyridine rings is 1. The first-order valence-electron chi connectivity index (χ1n) is 7.79. The number of carbonyl (C=O) groups is 1. The first kappa shape index (κ1) is 16.0. The number of carbonyl (C=O) groups excluding carboxylic acids is 1. The van der Waals surface area contributed by atoms with Crippen molar-refractivity contribution in [2.75, 3.05) is 29.0 Å². The molecule has 0 atom stereocenters. The molecule has 0 saturated heterocycles. The molecule has 1 aromatic carbocycles. The predicted molar refractivity (Wildman–Crippen MR) is 93.4 cm³/mol. The molecule has 0 spiro atoms. The number of nitrogens with zero attached hydrogens (tertiary/aromatic N) is 1. The second kappa shape index (κ2) is 6.10. The van der Waals surface area contributed by atoms with Crippen molar-refractivity contribution in [3.05, 3.63) is 42.1 Å². The molecule has 1 amide bonds. The maximum Gasteiger partial charge on any atom is 0.321 e. The van der Waals surface area contributed by atoms with Crippen molar-refractivity contribution in [3.8, 4) is 11.5 Å². The molecule has 0 saturated carbocycles. The second-order valence-corrected chi connectivity index (χ2v) is 7.70. The van der Waals surface area contributed by atoms with E-state index in [1.165, 1.54) is 0 Å². The number of nitrogens with one attached hydrogen (secondary N) is 2. The van der Waals surface area contributed by atoms with E-state index >= 15 is 0 Å². The Kier molecular flexibility index (Phi) is 3.91. The van der Waals surface area contributed by atoms with Crippen LogP contribution in [0, 0.1) is 0 Å². The van der Waals surface area contributed by atoms with E-state index in [4.69, 9.17) is 9.47 Å². The van der Waals surface area contributed by atoms with Gasteiger partial charge >= 0.3 is 5.82 Å². The highest BCUT2D eigenvalue weighted by atomic mass is 32.3. The summed E-state index contributed by atoms with van der Waals surface area (Å²) >= 11 is 0. The van der Waals surface area contributed by atoms with Gasteiger partial charge in [-0.05, 0) is 30.3 Å². The van der Waals surface area contributed by atoms with Crippen LogP contribution in [0.2, 0.25) is 0 Å². The Hall–Kier alpha value is -2.49. The first-order chi connectivity index (χ1) is 12.0. The van der Waals surface area contributed by atoms with Gasteiger partial charge in [0.2, 0.25) is 0 Å². The van der Waals surface area contributed by atoms with Crippen molar-refractivity contribution < 1.29 is 27.9 Å². The van der Waals surface area contributed by atoms with Gasteiger partial charge in [0.25, 0.3) is 5.91 Å². The quantitative estimate of drug-likeness (QED) is 0.609. The second-order valence-electron chi connectivity index (χ2n) is 5.75. The van der Waals surface area contributed by atoms with Gasteiger partial charge in [0, 0.05) is 5.56 Å². The molecular weight excluding hydrogens is 346 g/mol. The fourth-order valence-electron chi connectivity index (χ4n) is 2.76. The first-order valence-corrected chi connectivity index (χ1v) is 9.50. The van der Waals surface area contributed by atoms with Gasteiger partial charge < -0.3 is 14.8 Å². The lowest BCUT2D eigenvalue weighted by Crippen LogP contribution is -2.45. The van der Waals surface area contributed by atoms with Crippen molar-refractivity contribution in [2.45, 2.75) is 6.54 Å². The van der Waals surface area contributed by atoms with Crippen LogP contribution in [-0.4, -0.2) is 34.0 Å². The molecule has 2 aromatic rings. The smallest absolute Gasteiger partial charge is 0.321 e. The van der Waals surface area contributed by atoms with E-state index in [9.17, 15) is 13.9 Å². The molecule has 8 nitrogen and oxygen atoms in total. The fourth-order valence-corrected chi connectivity index (χ4v) is 3.85. The van der Waals surface area contributed by atoms with Crippen LogP contribution in [0.15, 0.2) is 36.5 Å². The third-order valence-corrected chi connectivity index (χ3v) is 5.27. The number of fused-ring (bicyclic) bond motifs is 2. The minimum Gasteiger partial charge on any atom is -0.486 e. The fraction of sp³-hybridized carbons (Fsp3) is 0.250. The maximum absolute atomic E-state index is 12.6. The van der Waals surface area contributed by atoms with Gasteiger partial charge in [-0.25, -0.2) is 4.57 Å². The topological polar surface area (TPSA) is 104 Å². The van der Waals surface area contributed by atoms with Crippen molar-refractivity contribution in [2.24, 2.45) is 0 Å². The molecular formula is C16H18N3O5S+. The molecule has 0 aliphatic carbocycles. The number of rotatable bonds is 2. The zero-order chi connectivity index (χ0) is 17.4. The molecule has 0 unspecified atom stereocenters. The number of hydrogen-bond acceptors (Lipinski definition) is 6. The molecule has 4 N–H and O–H groups in total. The number of aryl methyl sites for hydroxylation is 1. The summed E-state index contributed by atoms with van der Waals surface area (Å²) in [5, 5.41) is 2.80. The molecule has 1 aromatic heterocycles. The number of ether oxygens (including phenoxy) is 2. The van der Waals surface area contributed by atoms with Crippen LogP contribution in [0.3, 0.4) is 0 Å². The number of aromatic nitrogens is 1. The van der Waals surface area contributed by atoms with Crippen molar-refractivity contribution in [1.29, 1.82) is 0 Å². The third-order valence-electron chi connectivity index (χ3n) is 4.00. The van der Waals surface area contributed by atoms with Crippen LogP contribution in [0.25, 0.3) is 0 Å². The predicted octanol–water partition coefficient (Wildman–Crippen LogP) is 2.09. The largest absolute Gasteiger partial charge is 0.486 e. The number of amides is 1. The van der Waals surface area contributed by atoms with Gasteiger partial charge in [0.15, 0.2) is 11.5 Å². The third kappa shape index (κ3) is 3.21. The summed E-state index contributed by atoms with van der Waals surface area (Å²) in [6, 6.07) is 8.49. The monoisotopic (exact) mass is 364 g/mol. The average Bonchev–Trinajstić information content (AvgIpc) is 2.61. The molecule has 0 radical (unpaired) electrons. The van der Waals surface area contributed by atoms with Crippen LogP contribution < -0.4 is 24.1 Å². The molecule has 3 heterocycles. The standard InChI is InChI=1S/C16H17N3O5S/c20-16(11-3-4-13-14(10-11)24-8-7-23-13)17-12-2-1-5-19-6-9-25(21,22)18-15(12)19/h1-5,10H,6-9H2,(H3,17,20,21,22)/p+1. The number of benzene rings is 1. The van der Waals surface area contributed by atoms with E-state index in [0.29, 0.717) is 48.3 Å². The normalized spacial score (nSPS) is 18.5. The summed E-state index contributed by atoms with van der Waals surface area (Å²) in [5.74, 6) is 1.53. The van der Waals surface area contributed by atoms with E-state index in [-0.39, 0.29) is 11.7 Å². The lowest BCUT2D eigenvalue weighted by Gasteiger charge is -2.32. The van der Waals surface area contributed by atoms with E-state index < -0.39 is 10.8 Å². The van der Waals surface area contributed by atoms with Crippen LogP contribution in [-0.2, 0) is 6.54 Å². The molecule has 132 valence electrons. The van der Waals surface area contributed by atoms with Crippen LogP contribution >= 0.6 is 10.8 Å². The highest BCUT2D eigenvalue weighted by Gasteiger charge is 2.30. The minimum atomic E-state index is -2.89. The lowest BCUT2D eigenvalue weighted by atomic mass is 10.1. The zero-order valence-electron chi connectivity index (χ0n) is 13.3. The van der Waals surface area contributed by atoms with Gasteiger partial charge in [-0.1, -0.05) is 10.8 Å². The Bertz CT molecular complexity index is 843. The van der Waals surface area contributed by atoms with Crippen LogP contribution in [0.1, 0.15) is 10.4 Å². The summed E-state index contributed by atoms with van der Waals surface area (Å²) in [4.78, 5) is 12.6. The highest BCUT2D eigenvalue weighted by molar-refractivity contribution is 8.25. The number of hydrogen-bond donors (Lipinski definition) is 4. The van der Waals surface area contributed by atoms with Crippen molar-refractivity contribution in [3.63, 3.8) is 0 Å². The van der Waals surface area contributed by atoms with Gasteiger partial charge in [0.1, 0.15) is 31.2 Å². The van der Waals surface area contributed by atoms with E-state index in [1.54, 1.807) is 30.3 Å². The summed E-state index contributed by atoms with van der Waals surface area (Å²) in [6.07, 6.45) is 1.82. The molecule has 9 heteroatoms. The average molecular weight is 364 g/mol. The minimum absolute atomic E-state index is 0.226. The Labute approximate surface area is 145 Å². The summed E-state index contributed by atoms with van der Waals surface area (Å²) in [5.41, 5.74) is 0.899. The molecule has 0 fully saturated rings. The lowest BCUT2D eigenvalue weighted by molar-refractivity contribution is -0.679. The number of anilines is 2. The van der Waals surface area contributed by atoms with E-state index in [1.807, 2.05) is 10.8 Å². The zero-order valence-corrected chi connectivity index (χ0v) is 14.1. The van der Waals surface area contributed by atoms with E-state index in [0.717, 1.165) is 0 Å². The van der Waals surface area contributed by atoms with Crippen molar-refractivity contribution >= 4 is 28.2 Å². The summed E-state index contributed by atoms with van der Waals surface area (Å²) < 4.78 is 35.3. The molecule has 0 bridgehead atoms. The highest BCUT2D eigenvalue weighted by Crippen LogP contribution is 2.42. The molecule has 2 aliphatic rings. The molecule has 2 aliphatic heterocycles. The Balaban J connectivity index is 1.60. The van der Waals surface area contributed by atoms with Crippen LogP contribution in [0.4, 0.5) is 11.5 Å². The Morgan fingerprint density at radius 3 is 2.84 bits per heavy atom. The Morgan fingerprint density at radius 2 is 2.00 bits per heavy atom. The van der Waals surface area contributed by atoms with Crippen LogP contribution in [0.5, 0.6) is 11.5 Å². The van der Waals surface area contributed by atoms with E-state index in [2.05, 4.69) is 10.0 Å².